The summed E-state index contributed by atoms with van der Waals surface area (Å²) >= 11 is 1.79. The molecule has 0 aromatic carbocycles. The number of thioether (sulfide) groups is 1. The molecular formula is C13H22N2O4S. The van der Waals surface area contributed by atoms with E-state index >= 15 is 0 Å². The molecule has 0 radical (unpaired) electrons. The number of carbonyl (C=O) groups excluding carboxylic acids is 2. The average molecular weight is 302 g/mol. The molecule has 0 aliphatic rings. The van der Waals surface area contributed by atoms with E-state index < -0.39 is 17.9 Å². The number of aliphatic carboxylic acids is 1. The maximum absolute atomic E-state index is 11.6. The Balaban J connectivity index is 4.00. The summed E-state index contributed by atoms with van der Waals surface area (Å²) in [4.78, 5) is 33.7. The first-order chi connectivity index (χ1) is 9.40. The minimum atomic E-state index is -1.17. The Morgan fingerprint density at radius 1 is 1.05 bits per heavy atom. The zero-order valence-corrected chi connectivity index (χ0v) is 12.9. The van der Waals surface area contributed by atoms with Crippen LogP contribution in [0.4, 0.5) is 4.79 Å². The predicted molar refractivity (Wildman–Crippen MR) is 79.8 cm³/mol. The van der Waals surface area contributed by atoms with Gasteiger partial charge in [0.25, 0.3) is 5.91 Å². The monoisotopic (exact) mass is 302 g/mol. The molecule has 3 N–H and O–H groups in total. The summed E-state index contributed by atoms with van der Waals surface area (Å²) in [6.07, 6.45) is 5.02. The molecule has 0 saturated carbocycles. The molecule has 0 heterocycles. The number of carboxylic acid groups (broad SMARTS) is 1. The zero-order chi connectivity index (χ0) is 15.5. The summed E-state index contributed by atoms with van der Waals surface area (Å²) in [6.45, 7) is 3.18. The summed E-state index contributed by atoms with van der Waals surface area (Å²) in [7, 11) is 0. The number of urea groups is 1. The van der Waals surface area contributed by atoms with Crippen molar-refractivity contribution < 1.29 is 19.5 Å². The fraction of sp³-hybridized carbons (Fsp3) is 0.615. The highest BCUT2D eigenvalue weighted by Gasteiger charge is 2.14. The number of imide groups is 1. The van der Waals surface area contributed by atoms with Gasteiger partial charge in [-0.2, -0.15) is 11.8 Å². The number of hydrogen-bond donors (Lipinski definition) is 3. The molecule has 0 saturated heterocycles. The van der Waals surface area contributed by atoms with Crippen molar-refractivity contribution in [3.05, 3.63) is 11.1 Å². The first kappa shape index (κ1) is 18.5. The molecule has 0 unspecified atom stereocenters. The van der Waals surface area contributed by atoms with Gasteiger partial charge in [0.05, 0.1) is 0 Å². The van der Waals surface area contributed by atoms with Crippen LogP contribution in [0, 0.1) is 0 Å². The number of nitrogens with one attached hydrogen (secondary N) is 2. The van der Waals surface area contributed by atoms with E-state index in [1.54, 1.807) is 11.8 Å². The van der Waals surface area contributed by atoms with Crippen LogP contribution >= 0.6 is 11.8 Å². The maximum Gasteiger partial charge on any atom is 0.331 e. The van der Waals surface area contributed by atoms with Gasteiger partial charge < -0.3 is 10.4 Å². The Bertz CT molecular complexity index is 394. The number of hydrogen-bond acceptors (Lipinski definition) is 4. The largest absolute Gasteiger partial charge is 0.478 e. The molecule has 0 aliphatic carbocycles. The third-order valence-corrected chi connectivity index (χ3v) is 3.46. The molecule has 0 bridgehead atoms. The van der Waals surface area contributed by atoms with Crippen LogP contribution in [0.2, 0.25) is 0 Å². The number of rotatable bonds is 8. The zero-order valence-electron chi connectivity index (χ0n) is 12.1. The van der Waals surface area contributed by atoms with Gasteiger partial charge in [-0.1, -0.05) is 6.42 Å². The van der Waals surface area contributed by atoms with Gasteiger partial charge in [-0.3, -0.25) is 10.1 Å². The van der Waals surface area contributed by atoms with E-state index in [1.165, 1.54) is 13.8 Å². The van der Waals surface area contributed by atoms with E-state index in [4.69, 9.17) is 5.11 Å². The molecule has 0 aliphatic heterocycles. The normalized spacial score (nSPS) is 11.6. The van der Waals surface area contributed by atoms with Crippen LogP contribution in [-0.2, 0) is 9.59 Å². The SMILES string of the molecule is CSCCCCCNC(=O)NC(=O)C(C)=C(C)C(=O)O. The van der Waals surface area contributed by atoms with Gasteiger partial charge in [-0.25, -0.2) is 9.59 Å². The van der Waals surface area contributed by atoms with E-state index in [2.05, 4.69) is 10.6 Å². The lowest BCUT2D eigenvalue weighted by Crippen LogP contribution is -2.40. The third-order valence-electron chi connectivity index (χ3n) is 2.76. The van der Waals surface area contributed by atoms with Crippen LogP contribution < -0.4 is 10.6 Å². The van der Waals surface area contributed by atoms with E-state index in [-0.39, 0.29) is 11.1 Å². The second-order valence-electron chi connectivity index (χ2n) is 4.32. The molecule has 3 amide bonds. The van der Waals surface area contributed by atoms with Gasteiger partial charge >= 0.3 is 12.0 Å². The molecule has 0 atom stereocenters. The summed E-state index contributed by atoms with van der Waals surface area (Å²) < 4.78 is 0. The summed E-state index contributed by atoms with van der Waals surface area (Å²) in [5, 5.41) is 13.4. The number of amides is 3. The summed E-state index contributed by atoms with van der Waals surface area (Å²) in [5.41, 5.74) is -0.0556. The van der Waals surface area contributed by atoms with Crippen molar-refractivity contribution in [2.24, 2.45) is 0 Å². The Morgan fingerprint density at radius 3 is 2.25 bits per heavy atom. The number of unbranched alkanes of at least 4 members (excludes halogenated alkanes) is 2. The van der Waals surface area contributed by atoms with E-state index in [9.17, 15) is 14.4 Å². The van der Waals surface area contributed by atoms with Gasteiger partial charge in [0, 0.05) is 17.7 Å². The number of carboxylic acids is 1. The van der Waals surface area contributed by atoms with Crippen LogP contribution in [0.15, 0.2) is 11.1 Å². The Hall–Kier alpha value is -1.50. The van der Waals surface area contributed by atoms with E-state index in [1.807, 2.05) is 6.26 Å². The van der Waals surface area contributed by atoms with Crippen molar-refractivity contribution in [1.82, 2.24) is 10.6 Å². The van der Waals surface area contributed by atoms with Crippen molar-refractivity contribution in [2.45, 2.75) is 33.1 Å². The molecule has 0 spiro atoms. The van der Waals surface area contributed by atoms with E-state index in [0.29, 0.717) is 6.54 Å². The lowest BCUT2D eigenvalue weighted by Gasteiger charge is -2.07. The molecular weight excluding hydrogens is 280 g/mol. The molecule has 0 aromatic heterocycles. The second kappa shape index (κ2) is 10.3. The standard InChI is InChI=1S/C13H22N2O4S/c1-9(10(2)12(17)18)11(16)15-13(19)14-7-5-4-6-8-20-3/h4-8H2,1-3H3,(H,17,18)(H2,14,15,16,19). The highest BCUT2D eigenvalue weighted by atomic mass is 32.2. The van der Waals surface area contributed by atoms with Crippen LogP contribution in [0.5, 0.6) is 0 Å². The van der Waals surface area contributed by atoms with Crippen LogP contribution in [0.3, 0.4) is 0 Å². The Kier molecular flexibility index (Phi) is 9.53. The quantitative estimate of drug-likeness (QED) is 0.469. The van der Waals surface area contributed by atoms with Gasteiger partial charge in [-0.15, -0.1) is 0 Å². The molecule has 114 valence electrons. The first-order valence-corrected chi connectivity index (χ1v) is 7.78. The smallest absolute Gasteiger partial charge is 0.331 e. The summed E-state index contributed by atoms with van der Waals surface area (Å²) in [6, 6.07) is -0.600. The highest BCUT2D eigenvalue weighted by Crippen LogP contribution is 2.03. The van der Waals surface area contributed by atoms with Crippen LogP contribution in [-0.4, -0.2) is 41.6 Å². The second-order valence-corrected chi connectivity index (χ2v) is 5.30. The fourth-order valence-electron chi connectivity index (χ4n) is 1.32. The molecule has 0 aromatic rings. The molecule has 0 fully saturated rings. The average Bonchev–Trinajstić information content (AvgIpc) is 2.40. The lowest BCUT2D eigenvalue weighted by atomic mass is 10.1. The maximum atomic E-state index is 11.6. The first-order valence-electron chi connectivity index (χ1n) is 6.39. The predicted octanol–water partition coefficient (Wildman–Crippen LogP) is 1.77. The molecule has 6 nitrogen and oxygen atoms in total. The van der Waals surface area contributed by atoms with Gasteiger partial charge in [-0.05, 0) is 38.7 Å². The van der Waals surface area contributed by atoms with Crippen LogP contribution in [0.25, 0.3) is 0 Å². The third kappa shape index (κ3) is 7.83. The topological polar surface area (TPSA) is 95.5 Å². The van der Waals surface area contributed by atoms with Crippen LogP contribution in [0.1, 0.15) is 33.1 Å². The Labute approximate surface area is 123 Å². The van der Waals surface area contributed by atoms with Crippen molar-refractivity contribution in [3.8, 4) is 0 Å². The minimum Gasteiger partial charge on any atom is -0.478 e. The highest BCUT2D eigenvalue weighted by molar-refractivity contribution is 7.98. The van der Waals surface area contributed by atoms with Crippen molar-refractivity contribution in [3.63, 3.8) is 0 Å². The molecule has 0 rings (SSSR count). The molecule has 7 heteroatoms. The lowest BCUT2D eigenvalue weighted by molar-refractivity contribution is -0.133. The Morgan fingerprint density at radius 2 is 1.70 bits per heavy atom. The van der Waals surface area contributed by atoms with Gasteiger partial charge in [0.15, 0.2) is 0 Å². The van der Waals surface area contributed by atoms with Crippen molar-refractivity contribution in [1.29, 1.82) is 0 Å². The van der Waals surface area contributed by atoms with Gasteiger partial charge in [0.2, 0.25) is 0 Å². The fourth-order valence-corrected chi connectivity index (χ4v) is 1.81. The summed E-state index contributed by atoms with van der Waals surface area (Å²) in [5.74, 6) is -0.764. The van der Waals surface area contributed by atoms with Crippen molar-refractivity contribution >= 4 is 29.7 Å². The number of carbonyl (C=O) groups is 3. The van der Waals surface area contributed by atoms with E-state index in [0.717, 1.165) is 25.0 Å². The minimum absolute atomic E-state index is 0.0209. The van der Waals surface area contributed by atoms with Crippen molar-refractivity contribution in [2.75, 3.05) is 18.6 Å². The molecule has 20 heavy (non-hydrogen) atoms. The van der Waals surface area contributed by atoms with Gasteiger partial charge in [0.1, 0.15) is 0 Å².